The van der Waals surface area contributed by atoms with Crippen molar-refractivity contribution in [3.63, 3.8) is 0 Å². The number of hydrogen-bond donors (Lipinski definition) is 1. The van der Waals surface area contributed by atoms with Gasteiger partial charge in [-0.25, -0.2) is 0 Å². The third-order valence-electron chi connectivity index (χ3n) is 2.62. The number of alkyl halides is 3. The topological polar surface area (TPSA) is 12.0 Å². The lowest BCUT2D eigenvalue weighted by Crippen LogP contribution is -2.27. The molecule has 2 aromatic rings. The van der Waals surface area contributed by atoms with Gasteiger partial charge in [0.25, 0.3) is 0 Å². The molecule has 0 heterocycles. The maximum Gasteiger partial charge on any atom is 0.412 e. The fourth-order valence-electron chi connectivity index (χ4n) is 1.71. The number of benzene rings is 2. The Balaban J connectivity index is 2.29. The zero-order chi connectivity index (χ0) is 13.9. The van der Waals surface area contributed by atoms with E-state index in [0.717, 1.165) is 4.47 Å². The fraction of sp³-hybridized carbons (Fsp3) is 0.143. The molecule has 1 N–H and O–H groups in total. The van der Waals surface area contributed by atoms with E-state index in [1.807, 2.05) is 0 Å². The van der Waals surface area contributed by atoms with Gasteiger partial charge in [-0.3, -0.25) is 0 Å². The molecule has 0 spiro atoms. The van der Waals surface area contributed by atoms with Gasteiger partial charge in [0.05, 0.1) is 0 Å². The van der Waals surface area contributed by atoms with Gasteiger partial charge in [0.2, 0.25) is 0 Å². The number of nitrogens with one attached hydrogen (secondary N) is 1. The summed E-state index contributed by atoms with van der Waals surface area (Å²) in [5.74, 6) is 0. The Kier molecular flexibility index (Phi) is 4.14. The van der Waals surface area contributed by atoms with Crippen LogP contribution < -0.4 is 5.32 Å². The molecule has 0 bridgehead atoms. The highest BCUT2D eigenvalue weighted by atomic mass is 79.9. The van der Waals surface area contributed by atoms with Crippen molar-refractivity contribution in [2.75, 3.05) is 5.32 Å². The Labute approximate surface area is 117 Å². The quantitative estimate of drug-likeness (QED) is 0.819. The summed E-state index contributed by atoms with van der Waals surface area (Å²) in [6.45, 7) is 0. The van der Waals surface area contributed by atoms with Gasteiger partial charge in [-0.2, -0.15) is 13.2 Å². The van der Waals surface area contributed by atoms with E-state index in [-0.39, 0.29) is 5.56 Å². The van der Waals surface area contributed by atoms with Crippen LogP contribution in [-0.4, -0.2) is 6.18 Å². The largest absolute Gasteiger partial charge is 0.412 e. The SMILES string of the molecule is FC(F)(F)C(Nc1ccccc1)c1ccc(Br)cc1. The molecular formula is C14H11BrF3N. The number of rotatable bonds is 3. The normalized spacial score (nSPS) is 13.1. The van der Waals surface area contributed by atoms with Gasteiger partial charge in [0.15, 0.2) is 0 Å². The minimum absolute atomic E-state index is 0.180. The summed E-state index contributed by atoms with van der Waals surface area (Å²) in [6, 6.07) is 12.7. The molecule has 5 heteroatoms. The highest BCUT2D eigenvalue weighted by Crippen LogP contribution is 2.35. The van der Waals surface area contributed by atoms with Crippen LogP contribution in [0.1, 0.15) is 11.6 Å². The van der Waals surface area contributed by atoms with Crippen LogP contribution in [0.4, 0.5) is 18.9 Å². The fourth-order valence-corrected chi connectivity index (χ4v) is 1.97. The third-order valence-corrected chi connectivity index (χ3v) is 3.14. The standard InChI is InChI=1S/C14H11BrF3N/c15-11-8-6-10(7-9-11)13(14(16,17)18)19-12-4-2-1-3-5-12/h1-9,13,19H. The Morgan fingerprint density at radius 3 is 2.00 bits per heavy atom. The second-order valence-electron chi connectivity index (χ2n) is 4.04. The van der Waals surface area contributed by atoms with Crippen LogP contribution in [0.15, 0.2) is 59.1 Å². The summed E-state index contributed by atoms with van der Waals surface area (Å²) in [5.41, 5.74) is 0.618. The monoisotopic (exact) mass is 329 g/mol. The Morgan fingerprint density at radius 1 is 0.895 bits per heavy atom. The van der Waals surface area contributed by atoms with Gasteiger partial charge < -0.3 is 5.32 Å². The highest BCUT2D eigenvalue weighted by Gasteiger charge is 2.40. The molecule has 19 heavy (non-hydrogen) atoms. The first kappa shape index (κ1) is 13.9. The molecule has 0 radical (unpaired) electrons. The summed E-state index contributed by atoms with van der Waals surface area (Å²) in [6.07, 6.45) is -4.36. The van der Waals surface area contributed by atoms with Gasteiger partial charge >= 0.3 is 6.18 Å². The number of hydrogen-bond acceptors (Lipinski definition) is 1. The maximum atomic E-state index is 13.1. The molecule has 2 rings (SSSR count). The molecule has 0 aliphatic rings. The van der Waals surface area contributed by atoms with Crippen molar-refractivity contribution in [3.8, 4) is 0 Å². The number of halogens is 4. The van der Waals surface area contributed by atoms with Crippen LogP contribution in [-0.2, 0) is 0 Å². The van der Waals surface area contributed by atoms with E-state index in [0.29, 0.717) is 5.69 Å². The smallest absolute Gasteiger partial charge is 0.370 e. The average Bonchev–Trinajstić information content (AvgIpc) is 2.37. The van der Waals surface area contributed by atoms with Gasteiger partial charge in [-0.15, -0.1) is 0 Å². The van der Waals surface area contributed by atoms with Gasteiger partial charge in [0.1, 0.15) is 6.04 Å². The number of para-hydroxylation sites is 1. The molecule has 0 saturated carbocycles. The minimum atomic E-state index is -4.36. The van der Waals surface area contributed by atoms with E-state index in [1.165, 1.54) is 12.1 Å². The third kappa shape index (κ3) is 3.73. The summed E-state index contributed by atoms with van der Waals surface area (Å²) in [4.78, 5) is 0. The van der Waals surface area contributed by atoms with Crippen molar-refractivity contribution in [2.45, 2.75) is 12.2 Å². The molecule has 0 saturated heterocycles. The highest BCUT2D eigenvalue weighted by molar-refractivity contribution is 9.10. The van der Waals surface area contributed by atoms with Crippen LogP contribution in [0, 0.1) is 0 Å². The van der Waals surface area contributed by atoms with Crippen molar-refractivity contribution in [1.29, 1.82) is 0 Å². The van der Waals surface area contributed by atoms with Gasteiger partial charge in [-0.1, -0.05) is 46.3 Å². The zero-order valence-electron chi connectivity index (χ0n) is 9.79. The van der Waals surface area contributed by atoms with Gasteiger partial charge in [-0.05, 0) is 29.8 Å². The van der Waals surface area contributed by atoms with Crippen molar-refractivity contribution in [2.24, 2.45) is 0 Å². The second-order valence-corrected chi connectivity index (χ2v) is 4.95. The molecule has 0 aromatic heterocycles. The Hall–Kier alpha value is -1.49. The van der Waals surface area contributed by atoms with Crippen LogP contribution >= 0.6 is 15.9 Å². The lowest BCUT2D eigenvalue weighted by atomic mass is 10.1. The molecule has 1 nitrogen and oxygen atoms in total. The minimum Gasteiger partial charge on any atom is -0.370 e. The van der Waals surface area contributed by atoms with Crippen molar-refractivity contribution < 1.29 is 13.2 Å². The van der Waals surface area contributed by atoms with Crippen LogP contribution in [0.3, 0.4) is 0 Å². The molecule has 2 aromatic carbocycles. The maximum absolute atomic E-state index is 13.1. The lowest BCUT2D eigenvalue weighted by molar-refractivity contribution is -0.144. The molecule has 100 valence electrons. The first-order valence-corrected chi connectivity index (χ1v) is 6.40. The van der Waals surface area contributed by atoms with E-state index in [2.05, 4.69) is 21.2 Å². The van der Waals surface area contributed by atoms with Crippen LogP contribution in [0.5, 0.6) is 0 Å². The van der Waals surface area contributed by atoms with Crippen molar-refractivity contribution in [1.82, 2.24) is 0 Å². The summed E-state index contributed by atoms with van der Waals surface area (Å²) < 4.78 is 40.1. The second kappa shape index (κ2) is 5.65. The summed E-state index contributed by atoms with van der Waals surface area (Å²) >= 11 is 3.21. The summed E-state index contributed by atoms with van der Waals surface area (Å²) in [5, 5.41) is 2.51. The van der Waals surface area contributed by atoms with Crippen molar-refractivity contribution in [3.05, 3.63) is 64.6 Å². The zero-order valence-corrected chi connectivity index (χ0v) is 11.4. The Morgan fingerprint density at radius 2 is 1.47 bits per heavy atom. The molecule has 0 amide bonds. The first-order chi connectivity index (χ1) is 8.97. The van der Waals surface area contributed by atoms with Gasteiger partial charge in [0, 0.05) is 10.2 Å². The first-order valence-electron chi connectivity index (χ1n) is 5.60. The molecule has 0 aliphatic heterocycles. The molecular weight excluding hydrogens is 319 g/mol. The average molecular weight is 330 g/mol. The predicted molar refractivity (Wildman–Crippen MR) is 73.0 cm³/mol. The van der Waals surface area contributed by atoms with Crippen LogP contribution in [0.25, 0.3) is 0 Å². The predicted octanol–water partition coefficient (Wildman–Crippen LogP) is 5.16. The molecule has 0 aliphatic carbocycles. The van der Waals surface area contributed by atoms with E-state index in [9.17, 15) is 13.2 Å². The molecule has 1 unspecified atom stereocenters. The van der Waals surface area contributed by atoms with Crippen LogP contribution in [0.2, 0.25) is 0 Å². The lowest BCUT2D eigenvalue weighted by Gasteiger charge is -2.23. The molecule has 0 fully saturated rings. The van der Waals surface area contributed by atoms with E-state index >= 15 is 0 Å². The Bertz CT molecular complexity index is 523. The van der Waals surface area contributed by atoms with E-state index in [1.54, 1.807) is 42.5 Å². The number of anilines is 1. The van der Waals surface area contributed by atoms with E-state index < -0.39 is 12.2 Å². The van der Waals surface area contributed by atoms with Crippen molar-refractivity contribution >= 4 is 21.6 Å². The summed E-state index contributed by atoms with van der Waals surface area (Å²) in [7, 11) is 0. The molecule has 1 atom stereocenters. The van der Waals surface area contributed by atoms with E-state index in [4.69, 9.17) is 0 Å².